The summed E-state index contributed by atoms with van der Waals surface area (Å²) < 4.78 is 12.7. The van der Waals surface area contributed by atoms with Gasteiger partial charge in [0, 0.05) is 30.9 Å². The second-order valence-electron chi connectivity index (χ2n) is 6.61. The highest BCUT2D eigenvalue weighted by molar-refractivity contribution is 5.29. The quantitative estimate of drug-likeness (QED) is 0.843. The van der Waals surface area contributed by atoms with Gasteiger partial charge in [-0.2, -0.15) is 5.10 Å². The summed E-state index contributed by atoms with van der Waals surface area (Å²) >= 11 is 0. The number of aliphatic hydroxyl groups is 1. The Morgan fingerprint density at radius 1 is 1.46 bits per heavy atom. The summed E-state index contributed by atoms with van der Waals surface area (Å²) in [6, 6.07) is 4.05. The van der Waals surface area contributed by atoms with Gasteiger partial charge >= 0.3 is 0 Å². The summed E-state index contributed by atoms with van der Waals surface area (Å²) in [6.07, 6.45) is 3.40. The normalized spacial score (nSPS) is 19.9. The molecule has 1 N–H and O–H groups in total. The van der Waals surface area contributed by atoms with Crippen LogP contribution in [-0.2, 0) is 18.4 Å². The fourth-order valence-electron chi connectivity index (χ4n) is 3.66. The molecule has 2 aromatic heterocycles. The van der Waals surface area contributed by atoms with Crippen molar-refractivity contribution < 1.29 is 14.3 Å². The van der Waals surface area contributed by atoms with Gasteiger partial charge in [-0.15, -0.1) is 0 Å². The molecule has 1 fully saturated rings. The Morgan fingerprint density at radius 2 is 2.29 bits per heavy atom. The molecule has 0 aliphatic carbocycles. The summed E-state index contributed by atoms with van der Waals surface area (Å²) in [5.41, 5.74) is 3.63. The van der Waals surface area contributed by atoms with Gasteiger partial charge in [0.1, 0.15) is 12.4 Å². The van der Waals surface area contributed by atoms with E-state index in [9.17, 15) is 5.11 Å². The lowest BCUT2D eigenvalue weighted by molar-refractivity contribution is 0.00301. The maximum atomic E-state index is 10.3. The van der Waals surface area contributed by atoms with Crippen LogP contribution in [0, 0.1) is 13.8 Å². The standard InChI is InChI=1S/C18H27N3O3/c1-13-18(14(2)20(3)19-13)17-7-4-8-21(17)10-15(22)11-23-12-16-6-5-9-24-16/h5-6,9,15,17,22H,4,7-8,10-12H2,1-3H3/t15-,17-/m0/s1. The molecular weight excluding hydrogens is 306 g/mol. The third kappa shape index (κ3) is 3.71. The van der Waals surface area contributed by atoms with Gasteiger partial charge in [0.05, 0.1) is 24.7 Å². The number of aryl methyl sites for hydroxylation is 2. The number of hydrogen-bond acceptors (Lipinski definition) is 5. The highest BCUT2D eigenvalue weighted by atomic mass is 16.5. The van der Waals surface area contributed by atoms with Crippen LogP contribution in [0.5, 0.6) is 0 Å². The first-order valence-electron chi connectivity index (χ1n) is 8.58. The molecule has 1 saturated heterocycles. The maximum absolute atomic E-state index is 10.3. The van der Waals surface area contributed by atoms with Crippen molar-refractivity contribution in [2.75, 3.05) is 19.7 Å². The predicted molar refractivity (Wildman–Crippen MR) is 90.6 cm³/mol. The molecule has 1 aliphatic heterocycles. The SMILES string of the molecule is Cc1nn(C)c(C)c1[C@@H]1CCCN1C[C@H](O)COCc1ccco1. The lowest BCUT2D eigenvalue weighted by Crippen LogP contribution is -2.35. The Balaban J connectivity index is 1.55. The highest BCUT2D eigenvalue weighted by Crippen LogP contribution is 2.35. The molecule has 132 valence electrons. The van der Waals surface area contributed by atoms with Crippen molar-refractivity contribution in [3.8, 4) is 0 Å². The Hall–Kier alpha value is -1.63. The molecule has 1 aliphatic rings. The molecule has 6 nitrogen and oxygen atoms in total. The van der Waals surface area contributed by atoms with Crippen molar-refractivity contribution in [2.45, 2.75) is 45.4 Å². The zero-order valence-electron chi connectivity index (χ0n) is 14.7. The van der Waals surface area contributed by atoms with E-state index < -0.39 is 6.10 Å². The van der Waals surface area contributed by atoms with Crippen molar-refractivity contribution >= 4 is 0 Å². The first kappa shape index (κ1) is 17.2. The number of aromatic nitrogens is 2. The Bertz CT molecular complexity index is 651. The van der Waals surface area contributed by atoms with E-state index in [0.29, 0.717) is 25.8 Å². The molecule has 0 amide bonds. The number of nitrogens with zero attached hydrogens (tertiary/aromatic N) is 3. The van der Waals surface area contributed by atoms with Gasteiger partial charge in [0.2, 0.25) is 0 Å². The van der Waals surface area contributed by atoms with Crippen LogP contribution in [0.1, 0.15) is 41.6 Å². The minimum Gasteiger partial charge on any atom is -0.467 e. The van der Waals surface area contributed by atoms with Gasteiger partial charge < -0.3 is 14.3 Å². The summed E-state index contributed by atoms with van der Waals surface area (Å²) in [7, 11) is 1.99. The van der Waals surface area contributed by atoms with Crippen LogP contribution in [0.15, 0.2) is 22.8 Å². The van der Waals surface area contributed by atoms with E-state index in [1.807, 2.05) is 23.9 Å². The number of β-amino-alcohol motifs (C(OH)–C–C–N with tert-alkyl or cyclic N) is 1. The van der Waals surface area contributed by atoms with Crippen LogP contribution >= 0.6 is 0 Å². The monoisotopic (exact) mass is 333 g/mol. The number of hydrogen-bond donors (Lipinski definition) is 1. The zero-order valence-corrected chi connectivity index (χ0v) is 14.7. The smallest absolute Gasteiger partial charge is 0.129 e. The molecule has 0 bridgehead atoms. The highest BCUT2D eigenvalue weighted by Gasteiger charge is 2.31. The molecule has 0 spiro atoms. The van der Waals surface area contributed by atoms with Crippen molar-refractivity contribution in [3.63, 3.8) is 0 Å². The average molecular weight is 333 g/mol. The average Bonchev–Trinajstić information content (AvgIpc) is 3.24. The van der Waals surface area contributed by atoms with E-state index in [1.54, 1.807) is 6.26 Å². The molecule has 2 aromatic rings. The largest absolute Gasteiger partial charge is 0.467 e. The van der Waals surface area contributed by atoms with Crippen molar-refractivity contribution in [2.24, 2.45) is 7.05 Å². The molecule has 0 aromatic carbocycles. The summed E-state index contributed by atoms with van der Waals surface area (Å²) in [6.45, 7) is 6.53. The number of furan rings is 1. The minimum absolute atomic E-state index is 0.314. The van der Waals surface area contributed by atoms with Gasteiger partial charge in [-0.25, -0.2) is 0 Å². The van der Waals surface area contributed by atoms with E-state index in [2.05, 4.69) is 23.8 Å². The molecule has 24 heavy (non-hydrogen) atoms. The van der Waals surface area contributed by atoms with Crippen molar-refractivity contribution in [3.05, 3.63) is 41.1 Å². The van der Waals surface area contributed by atoms with Crippen LogP contribution in [0.25, 0.3) is 0 Å². The minimum atomic E-state index is -0.502. The lowest BCUT2D eigenvalue weighted by atomic mass is 10.0. The molecule has 3 heterocycles. The topological polar surface area (TPSA) is 63.7 Å². The van der Waals surface area contributed by atoms with Gasteiger partial charge in [0.25, 0.3) is 0 Å². The summed E-state index contributed by atoms with van der Waals surface area (Å²) in [4.78, 5) is 2.36. The number of aliphatic hydroxyl groups excluding tert-OH is 1. The number of ether oxygens (including phenoxy) is 1. The van der Waals surface area contributed by atoms with Crippen LogP contribution in [0.4, 0.5) is 0 Å². The lowest BCUT2D eigenvalue weighted by Gasteiger charge is -2.27. The van der Waals surface area contributed by atoms with E-state index in [0.717, 1.165) is 30.8 Å². The van der Waals surface area contributed by atoms with Crippen LogP contribution in [0.3, 0.4) is 0 Å². The summed E-state index contributed by atoms with van der Waals surface area (Å²) in [5.74, 6) is 0.780. The summed E-state index contributed by atoms with van der Waals surface area (Å²) in [5, 5.41) is 14.9. The van der Waals surface area contributed by atoms with E-state index >= 15 is 0 Å². The fourth-order valence-corrected chi connectivity index (χ4v) is 3.66. The van der Waals surface area contributed by atoms with E-state index in [4.69, 9.17) is 9.15 Å². The molecule has 2 atom stereocenters. The molecule has 6 heteroatoms. The second kappa shape index (κ2) is 7.51. The number of rotatable bonds is 7. The van der Waals surface area contributed by atoms with Crippen molar-refractivity contribution in [1.29, 1.82) is 0 Å². The van der Waals surface area contributed by atoms with E-state index in [1.165, 1.54) is 11.3 Å². The molecule has 0 unspecified atom stereocenters. The van der Waals surface area contributed by atoms with Crippen LogP contribution < -0.4 is 0 Å². The molecular formula is C18H27N3O3. The first-order valence-corrected chi connectivity index (χ1v) is 8.58. The van der Waals surface area contributed by atoms with Crippen molar-refractivity contribution in [1.82, 2.24) is 14.7 Å². The Kier molecular flexibility index (Phi) is 5.38. The maximum Gasteiger partial charge on any atom is 0.129 e. The van der Waals surface area contributed by atoms with Gasteiger partial charge in [-0.3, -0.25) is 9.58 Å². The molecule has 0 radical (unpaired) electrons. The second-order valence-corrected chi connectivity index (χ2v) is 6.61. The fraction of sp³-hybridized carbons (Fsp3) is 0.611. The first-order chi connectivity index (χ1) is 11.6. The van der Waals surface area contributed by atoms with Crippen LogP contribution in [0.2, 0.25) is 0 Å². The number of likely N-dealkylation sites (tertiary alicyclic amines) is 1. The van der Waals surface area contributed by atoms with E-state index in [-0.39, 0.29) is 0 Å². The van der Waals surface area contributed by atoms with Gasteiger partial charge in [0.15, 0.2) is 0 Å². The van der Waals surface area contributed by atoms with Gasteiger partial charge in [-0.05, 0) is 45.4 Å². The predicted octanol–water partition coefficient (Wildman–Crippen LogP) is 2.34. The Labute approximate surface area is 143 Å². The third-order valence-corrected chi connectivity index (χ3v) is 4.84. The zero-order chi connectivity index (χ0) is 17.1. The molecule has 3 rings (SSSR count). The van der Waals surface area contributed by atoms with Gasteiger partial charge in [-0.1, -0.05) is 0 Å². The van der Waals surface area contributed by atoms with Crippen LogP contribution in [-0.4, -0.2) is 45.6 Å². The Morgan fingerprint density at radius 3 is 2.96 bits per heavy atom. The third-order valence-electron chi connectivity index (χ3n) is 4.84. The molecule has 0 saturated carbocycles.